The van der Waals surface area contributed by atoms with Crippen molar-refractivity contribution < 1.29 is 14.6 Å². The summed E-state index contributed by atoms with van der Waals surface area (Å²) in [5.41, 5.74) is 6.46. The van der Waals surface area contributed by atoms with E-state index >= 15 is 0 Å². The van der Waals surface area contributed by atoms with Crippen LogP contribution in [0.2, 0.25) is 0 Å². The maximum absolute atomic E-state index is 8.81. The van der Waals surface area contributed by atoms with Gasteiger partial charge in [0, 0.05) is 25.1 Å². The quantitative estimate of drug-likeness (QED) is 0.750. The van der Waals surface area contributed by atoms with Crippen LogP contribution in [0.4, 0.5) is 0 Å². The monoisotopic (exact) mass is 237 g/mol. The molecule has 4 nitrogen and oxygen atoms in total. The molecule has 4 heteroatoms. The highest BCUT2D eigenvalue weighted by atomic mass is 16.5. The highest BCUT2D eigenvalue weighted by Crippen LogP contribution is 2.38. The summed E-state index contributed by atoms with van der Waals surface area (Å²) in [7, 11) is 0. The molecule has 0 aliphatic carbocycles. The summed E-state index contributed by atoms with van der Waals surface area (Å²) in [5, 5.41) is 8.81. The third-order valence-electron chi connectivity index (χ3n) is 3.15. The third-order valence-corrected chi connectivity index (χ3v) is 3.15. The maximum Gasteiger partial charge on any atom is 0.125 e. The first kappa shape index (κ1) is 12.4. The van der Waals surface area contributed by atoms with Gasteiger partial charge in [0.2, 0.25) is 0 Å². The fourth-order valence-corrected chi connectivity index (χ4v) is 2.18. The van der Waals surface area contributed by atoms with E-state index in [1.54, 1.807) is 0 Å². The summed E-state index contributed by atoms with van der Waals surface area (Å²) >= 11 is 0. The molecule has 1 heterocycles. The molecule has 0 fully saturated rings. The van der Waals surface area contributed by atoms with Gasteiger partial charge in [-0.05, 0) is 12.5 Å². The molecule has 1 atom stereocenters. The minimum Gasteiger partial charge on any atom is -0.493 e. The van der Waals surface area contributed by atoms with E-state index in [-0.39, 0.29) is 6.61 Å². The second kappa shape index (κ2) is 5.49. The topological polar surface area (TPSA) is 64.7 Å². The molecular weight excluding hydrogens is 218 g/mol. The number of ether oxygens (including phenoxy) is 2. The zero-order valence-corrected chi connectivity index (χ0v) is 9.89. The molecule has 1 aliphatic rings. The van der Waals surface area contributed by atoms with Gasteiger partial charge in [0.05, 0.1) is 13.2 Å². The first-order chi connectivity index (χ1) is 8.32. The number of aliphatic hydroxyl groups is 1. The fourth-order valence-electron chi connectivity index (χ4n) is 2.18. The van der Waals surface area contributed by atoms with Crippen LogP contribution in [0, 0.1) is 0 Å². The van der Waals surface area contributed by atoms with Gasteiger partial charge in [0.15, 0.2) is 0 Å². The maximum atomic E-state index is 8.81. The number of hydrogen-bond donors (Lipinski definition) is 2. The molecule has 0 radical (unpaired) electrons. The number of fused-ring (bicyclic) bond motifs is 1. The lowest BCUT2D eigenvalue weighted by Gasteiger charge is -2.37. The molecule has 0 saturated carbocycles. The molecular formula is C13H19NO3. The normalized spacial score (nSPS) is 22.9. The Morgan fingerprint density at radius 3 is 3.00 bits per heavy atom. The Labute approximate surface area is 101 Å². The van der Waals surface area contributed by atoms with Crippen LogP contribution in [-0.2, 0) is 10.3 Å². The van der Waals surface area contributed by atoms with Gasteiger partial charge >= 0.3 is 0 Å². The summed E-state index contributed by atoms with van der Waals surface area (Å²) < 4.78 is 11.5. The Bertz CT molecular complexity index is 369. The predicted molar refractivity (Wildman–Crippen MR) is 64.9 cm³/mol. The van der Waals surface area contributed by atoms with Gasteiger partial charge in [-0.3, -0.25) is 0 Å². The van der Waals surface area contributed by atoms with E-state index < -0.39 is 5.60 Å². The van der Waals surface area contributed by atoms with Crippen LogP contribution < -0.4 is 10.5 Å². The van der Waals surface area contributed by atoms with Gasteiger partial charge in [-0.1, -0.05) is 18.2 Å². The first-order valence-corrected chi connectivity index (χ1v) is 5.99. The highest BCUT2D eigenvalue weighted by molar-refractivity contribution is 5.40. The number of para-hydroxylation sites is 1. The largest absolute Gasteiger partial charge is 0.493 e. The summed E-state index contributed by atoms with van der Waals surface area (Å²) in [6.07, 6.45) is 1.39. The minimum absolute atomic E-state index is 0.138. The number of aliphatic hydroxyl groups excluding tert-OH is 1. The Morgan fingerprint density at radius 1 is 1.41 bits per heavy atom. The molecule has 0 amide bonds. The smallest absolute Gasteiger partial charge is 0.125 e. The molecule has 1 aliphatic heterocycles. The van der Waals surface area contributed by atoms with E-state index in [4.69, 9.17) is 20.3 Å². The Morgan fingerprint density at radius 2 is 2.24 bits per heavy atom. The fraction of sp³-hybridized carbons (Fsp3) is 0.538. The van der Waals surface area contributed by atoms with Gasteiger partial charge < -0.3 is 20.3 Å². The highest BCUT2D eigenvalue weighted by Gasteiger charge is 2.37. The molecule has 1 aromatic rings. The van der Waals surface area contributed by atoms with E-state index in [0.717, 1.165) is 17.7 Å². The minimum atomic E-state index is -0.454. The molecule has 0 aromatic heterocycles. The van der Waals surface area contributed by atoms with E-state index in [1.165, 1.54) is 0 Å². The molecule has 2 rings (SSSR count). The third kappa shape index (κ3) is 2.44. The lowest BCUT2D eigenvalue weighted by atomic mass is 9.88. The molecule has 94 valence electrons. The van der Waals surface area contributed by atoms with Crippen LogP contribution in [0.15, 0.2) is 24.3 Å². The second-order valence-electron chi connectivity index (χ2n) is 4.22. The molecule has 1 aromatic carbocycles. The lowest BCUT2D eigenvalue weighted by Crippen LogP contribution is -2.42. The molecule has 0 saturated heterocycles. The Balaban J connectivity index is 2.22. The van der Waals surface area contributed by atoms with E-state index in [2.05, 4.69) is 0 Å². The van der Waals surface area contributed by atoms with Crippen molar-refractivity contribution in [1.82, 2.24) is 0 Å². The number of benzene rings is 1. The van der Waals surface area contributed by atoms with Gasteiger partial charge in [-0.2, -0.15) is 0 Å². The SMILES string of the molecule is NCC1(OCCCO)CCOc2ccccc21. The van der Waals surface area contributed by atoms with Crippen molar-refractivity contribution in [2.24, 2.45) is 5.73 Å². The average Bonchev–Trinajstić information content (AvgIpc) is 2.39. The van der Waals surface area contributed by atoms with Crippen molar-refractivity contribution >= 4 is 0 Å². The Kier molecular flexibility index (Phi) is 3.99. The van der Waals surface area contributed by atoms with Crippen LogP contribution >= 0.6 is 0 Å². The molecule has 17 heavy (non-hydrogen) atoms. The van der Waals surface area contributed by atoms with Crippen molar-refractivity contribution in [3.63, 3.8) is 0 Å². The number of rotatable bonds is 5. The van der Waals surface area contributed by atoms with Crippen molar-refractivity contribution in [2.45, 2.75) is 18.4 Å². The van der Waals surface area contributed by atoms with Crippen molar-refractivity contribution in [3.8, 4) is 5.75 Å². The van der Waals surface area contributed by atoms with Crippen LogP contribution in [0.5, 0.6) is 5.75 Å². The standard InChI is InChI=1S/C13H19NO3/c14-10-13(17-8-3-7-15)6-9-16-12-5-2-1-4-11(12)13/h1-2,4-5,15H,3,6-10,14H2. The van der Waals surface area contributed by atoms with Crippen molar-refractivity contribution in [1.29, 1.82) is 0 Å². The second-order valence-corrected chi connectivity index (χ2v) is 4.22. The van der Waals surface area contributed by atoms with Crippen LogP contribution in [0.25, 0.3) is 0 Å². The molecule has 0 spiro atoms. The van der Waals surface area contributed by atoms with Gasteiger partial charge in [-0.25, -0.2) is 0 Å². The van der Waals surface area contributed by atoms with Gasteiger partial charge in [0.25, 0.3) is 0 Å². The first-order valence-electron chi connectivity index (χ1n) is 5.99. The lowest BCUT2D eigenvalue weighted by molar-refractivity contribution is -0.0714. The van der Waals surface area contributed by atoms with E-state index in [0.29, 0.717) is 26.2 Å². The van der Waals surface area contributed by atoms with Gasteiger partial charge in [0.1, 0.15) is 11.4 Å². The number of nitrogens with two attached hydrogens (primary N) is 1. The molecule has 0 bridgehead atoms. The predicted octanol–water partition coefficient (Wildman–Crippen LogP) is 1.02. The summed E-state index contributed by atoms with van der Waals surface area (Å²) in [4.78, 5) is 0. The van der Waals surface area contributed by atoms with Crippen LogP contribution in [-0.4, -0.2) is 31.5 Å². The zero-order chi connectivity index (χ0) is 12.1. The summed E-state index contributed by atoms with van der Waals surface area (Å²) in [5.74, 6) is 0.855. The number of hydrogen-bond acceptors (Lipinski definition) is 4. The van der Waals surface area contributed by atoms with Crippen molar-refractivity contribution in [2.75, 3.05) is 26.4 Å². The Hall–Kier alpha value is -1.10. The molecule has 3 N–H and O–H groups in total. The van der Waals surface area contributed by atoms with Gasteiger partial charge in [-0.15, -0.1) is 0 Å². The zero-order valence-electron chi connectivity index (χ0n) is 9.89. The summed E-state index contributed by atoms with van der Waals surface area (Å²) in [6, 6.07) is 7.85. The van der Waals surface area contributed by atoms with Crippen molar-refractivity contribution in [3.05, 3.63) is 29.8 Å². The van der Waals surface area contributed by atoms with E-state index in [9.17, 15) is 0 Å². The average molecular weight is 237 g/mol. The van der Waals surface area contributed by atoms with Crippen LogP contribution in [0.3, 0.4) is 0 Å². The van der Waals surface area contributed by atoms with Crippen LogP contribution in [0.1, 0.15) is 18.4 Å². The molecule has 1 unspecified atom stereocenters. The van der Waals surface area contributed by atoms with E-state index in [1.807, 2.05) is 24.3 Å². The summed E-state index contributed by atoms with van der Waals surface area (Å²) in [6.45, 7) is 1.70.